The first-order valence-electron chi connectivity index (χ1n) is 8.50. The standard InChI is InChI=1S/C20H21BrN2O2/c1-4-13(3)23-18-11-8-15(20(24)25-5-2)12-17(18)22-19(23)14-6-9-16(21)10-7-14/h6-13H,4-5H2,1-3H3/t13-/m1/s1. The molecule has 0 fully saturated rings. The van der Waals surface area contributed by atoms with Crippen LogP contribution in [0.4, 0.5) is 0 Å². The quantitative estimate of drug-likeness (QED) is 0.522. The number of fused-ring (bicyclic) bond motifs is 1. The number of nitrogens with zero attached hydrogens (tertiary/aromatic N) is 2. The fourth-order valence-electron chi connectivity index (χ4n) is 2.87. The van der Waals surface area contributed by atoms with E-state index < -0.39 is 0 Å². The number of imidazole rings is 1. The Bertz CT molecular complexity index is 900. The summed E-state index contributed by atoms with van der Waals surface area (Å²) in [5.74, 6) is 0.602. The molecule has 0 saturated carbocycles. The second-order valence-corrected chi connectivity index (χ2v) is 6.91. The number of hydrogen-bond donors (Lipinski definition) is 0. The van der Waals surface area contributed by atoms with Gasteiger partial charge in [-0.2, -0.15) is 0 Å². The molecule has 0 unspecified atom stereocenters. The zero-order valence-corrected chi connectivity index (χ0v) is 16.2. The first kappa shape index (κ1) is 17.7. The maximum atomic E-state index is 12.0. The van der Waals surface area contributed by atoms with Crippen molar-refractivity contribution in [3.63, 3.8) is 0 Å². The zero-order chi connectivity index (χ0) is 18.0. The van der Waals surface area contributed by atoms with Crippen LogP contribution in [-0.4, -0.2) is 22.1 Å². The van der Waals surface area contributed by atoms with E-state index in [0.29, 0.717) is 18.2 Å². The van der Waals surface area contributed by atoms with Gasteiger partial charge in [0.1, 0.15) is 5.82 Å². The van der Waals surface area contributed by atoms with Crippen LogP contribution in [0.5, 0.6) is 0 Å². The molecule has 3 aromatic rings. The first-order chi connectivity index (χ1) is 12.0. The van der Waals surface area contributed by atoms with E-state index in [0.717, 1.165) is 33.3 Å². The Balaban J connectivity index is 2.17. The molecule has 2 aromatic carbocycles. The molecule has 0 radical (unpaired) electrons. The molecule has 0 aliphatic carbocycles. The first-order valence-corrected chi connectivity index (χ1v) is 9.29. The van der Waals surface area contributed by atoms with E-state index in [1.54, 1.807) is 6.92 Å². The SMILES string of the molecule is CCOC(=O)c1ccc2c(c1)nc(-c1ccc(Br)cc1)n2[C@H](C)CC. The highest BCUT2D eigenvalue weighted by atomic mass is 79.9. The molecule has 130 valence electrons. The molecule has 0 spiro atoms. The summed E-state index contributed by atoms with van der Waals surface area (Å²) in [6.07, 6.45) is 0.995. The molecule has 25 heavy (non-hydrogen) atoms. The van der Waals surface area contributed by atoms with Gasteiger partial charge in [0.2, 0.25) is 0 Å². The number of hydrogen-bond acceptors (Lipinski definition) is 3. The lowest BCUT2D eigenvalue weighted by Gasteiger charge is -2.16. The van der Waals surface area contributed by atoms with Gasteiger partial charge in [0.05, 0.1) is 23.2 Å². The van der Waals surface area contributed by atoms with Crippen LogP contribution in [0.3, 0.4) is 0 Å². The van der Waals surface area contributed by atoms with Gasteiger partial charge in [-0.15, -0.1) is 0 Å². The molecule has 5 heteroatoms. The summed E-state index contributed by atoms with van der Waals surface area (Å²) in [6, 6.07) is 14.0. The molecule has 3 rings (SSSR count). The van der Waals surface area contributed by atoms with Crippen molar-refractivity contribution < 1.29 is 9.53 Å². The number of ether oxygens (including phenoxy) is 1. The second kappa shape index (κ2) is 7.40. The molecular formula is C20H21BrN2O2. The van der Waals surface area contributed by atoms with Crippen molar-refractivity contribution in [2.45, 2.75) is 33.2 Å². The molecule has 0 aliphatic rings. The van der Waals surface area contributed by atoms with Gasteiger partial charge < -0.3 is 9.30 Å². The van der Waals surface area contributed by atoms with Gasteiger partial charge in [0, 0.05) is 16.1 Å². The Kier molecular flexibility index (Phi) is 5.23. The average molecular weight is 401 g/mol. The Morgan fingerprint density at radius 1 is 1.20 bits per heavy atom. The van der Waals surface area contributed by atoms with Crippen LogP contribution in [0, 0.1) is 0 Å². The zero-order valence-electron chi connectivity index (χ0n) is 14.6. The molecule has 0 aliphatic heterocycles. The van der Waals surface area contributed by atoms with Crippen LogP contribution in [0.25, 0.3) is 22.4 Å². The summed E-state index contributed by atoms with van der Waals surface area (Å²) in [5.41, 5.74) is 3.42. The normalized spacial score (nSPS) is 12.3. The Labute approximate surface area is 156 Å². The predicted octanol–water partition coefficient (Wildman–Crippen LogP) is 5.61. The van der Waals surface area contributed by atoms with E-state index in [4.69, 9.17) is 9.72 Å². The van der Waals surface area contributed by atoms with E-state index in [1.807, 2.05) is 30.3 Å². The smallest absolute Gasteiger partial charge is 0.338 e. The third-order valence-electron chi connectivity index (χ3n) is 4.33. The minimum Gasteiger partial charge on any atom is -0.462 e. The maximum Gasteiger partial charge on any atom is 0.338 e. The number of aromatic nitrogens is 2. The summed E-state index contributed by atoms with van der Waals surface area (Å²) in [7, 11) is 0. The van der Waals surface area contributed by atoms with Crippen LogP contribution >= 0.6 is 15.9 Å². The van der Waals surface area contributed by atoms with Gasteiger partial charge in [-0.05, 0) is 50.6 Å². The van der Waals surface area contributed by atoms with Gasteiger partial charge in [-0.25, -0.2) is 9.78 Å². The van der Waals surface area contributed by atoms with Crippen LogP contribution in [-0.2, 0) is 4.74 Å². The Morgan fingerprint density at radius 3 is 2.56 bits per heavy atom. The Morgan fingerprint density at radius 2 is 1.92 bits per heavy atom. The number of benzene rings is 2. The van der Waals surface area contributed by atoms with Crippen molar-refractivity contribution in [2.24, 2.45) is 0 Å². The third-order valence-corrected chi connectivity index (χ3v) is 4.86. The lowest BCUT2D eigenvalue weighted by Crippen LogP contribution is -2.06. The highest BCUT2D eigenvalue weighted by Gasteiger charge is 2.18. The minimum atomic E-state index is -0.312. The maximum absolute atomic E-state index is 12.0. The molecular weight excluding hydrogens is 380 g/mol. The second-order valence-electron chi connectivity index (χ2n) is 5.99. The molecule has 0 bridgehead atoms. The summed E-state index contributed by atoms with van der Waals surface area (Å²) >= 11 is 3.48. The third kappa shape index (κ3) is 3.47. The van der Waals surface area contributed by atoms with Crippen molar-refractivity contribution >= 4 is 32.9 Å². The van der Waals surface area contributed by atoms with Crippen molar-refractivity contribution in [3.05, 3.63) is 52.5 Å². The Hall–Kier alpha value is -2.14. The summed E-state index contributed by atoms with van der Waals surface area (Å²) < 4.78 is 8.38. The monoisotopic (exact) mass is 400 g/mol. The molecule has 1 atom stereocenters. The van der Waals surface area contributed by atoms with E-state index in [1.165, 1.54) is 0 Å². The molecule has 0 N–H and O–H groups in total. The highest BCUT2D eigenvalue weighted by molar-refractivity contribution is 9.10. The average Bonchev–Trinajstić information content (AvgIpc) is 3.00. The van der Waals surface area contributed by atoms with Crippen molar-refractivity contribution in [2.75, 3.05) is 6.61 Å². The van der Waals surface area contributed by atoms with Crippen LogP contribution < -0.4 is 0 Å². The summed E-state index contributed by atoms with van der Waals surface area (Å²) in [4.78, 5) is 16.8. The van der Waals surface area contributed by atoms with Crippen molar-refractivity contribution in [1.82, 2.24) is 9.55 Å². The van der Waals surface area contributed by atoms with Gasteiger partial charge in [-0.1, -0.05) is 35.0 Å². The largest absolute Gasteiger partial charge is 0.462 e. The van der Waals surface area contributed by atoms with Crippen LogP contribution in [0.2, 0.25) is 0 Å². The van der Waals surface area contributed by atoms with E-state index >= 15 is 0 Å². The predicted molar refractivity (Wildman–Crippen MR) is 104 cm³/mol. The van der Waals surface area contributed by atoms with Gasteiger partial charge >= 0.3 is 5.97 Å². The summed E-state index contributed by atoms with van der Waals surface area (Å²) in [5, 5.41) is 0. The molecule has 4 nitrogen and oxygen atoms in total. The van der Waals surface area contributed by atoms with E-state index in [-0.39, 0.29) is 5.97 Å². The van der Waals surface area contributed by atoms with Crippen LogP contribution in [0.1, 0.15) is 43.6 Å². The lowest BCUT2D eigenvalue weighted by molar-refractivity contribution is 0.0526. The fraction of sp³-hybridized carbons (Fsp3) is 0.300. The lowest BCUT2D eigenvalue weighted by atomic mass is 10.1. The number of rotatable bonds is 5. The van der Waals surface area contributed by atoms with Gasteiger partial charge in [0.15, 0.2) is 0 Å². The van der Waals surface area contributed by atoms with E-state index in [2.05, 4.69) is 46.5 Å². The van der Waals surface area contributed by atoms with Gasteiger partial charge in [-0.3, -0.25) is 0 Å². The molecule has 0 saturated heterocycles. The number of carbonyl (C=O) groups is 1. The van der Waals surface area contributed by atoms with Crippen molar-refractivity contribution in [1.29, 1.82) is 0 Å². The minimum absolute atomic E-state index is 0.303. The summed E-state index contributed by atoms with van der Waals surface area (Å²) in [6.45, 7) is 6.51. The van der Waals surface area contributed by atoms with Crippen LogP contribution in [0.15, 0.2) is 46.9 Å². The molecule has 1 heterocycles. The van der Waals surface area contributed by atoms with E-state index in [9.17, 15) is 4.79 Å². The number of esters is 1. The highest BCUT2D eigenvalue weighted by Crippen LogP contribution is 2.31. The topological polar surface area (TPSA) is 44.1 Å². The number of carbonyl (C=O) groups excluding carboxylic acids is 1. The van der Waals surface area contributed by atoms with Crippen molar-refractivity contribution in [3.8, 4) is 11.4 Å². The van der Waals surface area contributed by atoms with Gasteiger partial charge in [0.25, 0.3) is 0 Å². The molecule has 0 amide bonds. The fourth-order valence-corrected chi connectivity index (χ4v) is 3.14. The molecule has 1 aromatic heterocycles. The number of halogens is 1.